The third-order valence-electron chi connectivity index (χ3n) is 2.86. The molecule has 1 rings (SSSR count). The number of hydrogen-bond donors (Lipinski definition) is 2. The summed E-state index contributed by atoms with van der Waals surface area (Å²) in [6.45, 7) is 3.61. The van der Waals surface area contributed by atoms with Crippen molar-refractivity contribution in [1.82, 2.24) is 5.32 Å². The van der Waals surface area contributed by atoms with E-state index in [0.717, 1.165) is 5.56 Å². The predicted molar refractivity (Wildman–Crippen MR) is 75.8 cm³/mol. The van der Waals surface area contributed by atoms with Gasteiger partial charge in [-0.1, -0.05) is 18.2 Å². The van der Waals surface area contributed by atoms with Gasteiger partial charge in [-0.05, 0) is 31.4 Å². The summed E-state index contributed by atoms with van der Waals surface area (Å²) in [6.07, 6.45) is 1.64. The number of carboxylic acids is 1. The Kier molecular flexibility index (Phi) is 7.35. The molecule has 1 aromatic carbocycles. The molecule has 0 spiro atoms. The zero-order chi connectivity index (χ0) is 14.8. The number of rotatable bonds is 9. The Bertz CT molecular complexity index is 445. The van der Waals surface area contributed by atoms with Gasteiger partial charge >= 0.3 is 5.97 Å². The van der Waals surface area contributed by atoms with Gasteiger partial charge in [-0.3, -0.25) is 4.79 Å². The monoisotopic (exact) mass is 279 g/mol. The summed E-state index contributed by atoms with van der Waals surface area (Å²) in [5.74, 6) is -0.971. The largest absolute Gasteiger partial charge is 0.478 e. The van der Waals surface area contributed by atoms with E-state index >= 15 is 0 Å². The summed E-state index contributed by atoms with van der Waals surface area (Å²) in [6, 6.07) is 6.83. The van der Waals surface area contributed by atoms with Crippen LogP contribution in [0, 0.1) is 0 Å². The molecule has 0 atom stereocenters. The minimum absolute atomic E-state index is 0.0301. The van der Waals surface area contributed by atoms with Crippen LogP contribution >= 0.6 is 0 Å². The van der Waals surface area contributed by atoms with Crippen LogP contribution in [0.25, 0.3) is 0 Å². The van der Waals surface area contributed by atoms with Crippen LogP contribution in [0.3, 0.4) is 0 Å². The van der Waals surface area contributed by atoms with Crippen molar-refractivity contribution >= 4 is 11.9 Å². The first-order valence-corrected chi connectivity index (χ1v) is 6.80. The van der Waals surface area contributed by atoms with Crippen LogP contribution in [-0.2, 0) is 16.0 Å². The van der Waals surface area contributed by atoms with Gasteiger partial charge in [-0.15, -0.1) is 0 Å². The topological polar surface area (TPSA) is 75.6 Å². The molecule has 0 saturated carbocycles. The number of carboxylic acid groups (broad SMARTS) is 1. The summed E-state index contributed by atoms with van der Waals surface area (Å²) in [5, 5.41) is 11.8. The van der Waals surface area contributed by atoms with Gasteiger partial charge in [0.05, 0.1) is 5.56 Å². The molecule has 2 N–H and O–H groups in total. The lowest BCUT2D eigenvalue weighted by atomic mass is 10.0. The molecule has 0 saturated heterocycles. The Morgan fingerprint density at radius 1 is 1.30 bits per heavy atom. The van der Waals surface area contributed by atoms with Gasteiger partial charge < -0.3 is 15.2 Å². The highest BCUT2D eigenvalue weighted by molar-refractivity contribution is 5.89. The molecule has 0 fully saturated rings. The van der Waals surface area contributed by atoms with Crippen molar-refractivity contribution in [2.45, 2.75) is 26.2 Å². The summed E-state index contributed by atoms with van der Waals surface area (Å²) >= 11 is 0. The molecule has 110 valence electrons. The van der Waals surface area contributed by atoms with Crippen molar-refractivity contribution < 1.29 is 19.4 Å². The average Bonchev–Trinajstić information content (AvgIpc) is 2.44. The number of nitrogens with one attached hydrogen (secondary N) is 1. The Morgan fingerprint density at radius 2 is 2.05 bits per heavy atom. The van der Waals surface area contributed by atoms with Crippen molar-refractivity contribution in [3.8, 4) is 0 Å². The molecule has 0 radical (unpaired) electrons. The minimum Gasteiger partial charge on any atom is -0.478 e. The molecule has 0 aliphatic heterocycles. The van der Waals surface area contributed by atoms with Gasteiger partial charge in [-0.2, -0.15) is 0 Å². The van der Waals surface area contributed by atoms with Gasteiger partial charge in [0.2, 0.25) is 5.91 Å². The highest BCUT2D eigenvalue weighted by Crippen LogP contribution is 2.09. The maximum atomic E-state index is 11.5. The van der Waals surface area contributed by atoms with Crippen LogP contribution in [0.4, 0.5) is 0 Å². The fourth-order valence-corrected chi connectivity index (χ4v) is 1.85. The zero-order valence-electron chi connectivity index (χ0n) is 11.7. The number of hydrogen-bond acceptors (Lipinski definition) is 3. The number of amides is 1. The number of carbonyl (C=O) groups is 2. The van der Waals surface area contributed by atoms with Gasteiger partial charge in [0, 0.05) is 26.2 Å². The molecular weight excluding hydrogens is 258 g/mol. The molecule has 0 aliphatic carbocycles. The van der Waals surface area contributed by atoms with Crippen LogP contribution in [0.2, 0.25) is 0 Å². The Balaban J connectivity index is 2.30. The van der Waals surface area contributed by atoms with Crippen LogP contribution in [0.15, 0.2) is 24.3 Å². The second-order valence-electron chi connectivity index (χ2n) is 4.36. The van der Waals surface area contributed by atoms with E-state index in [0.29, 0.717) is 39.0 Å². The number of benzene rings is 1. The maximum Gasteiger partial charge on any atom is 0.335 e. The molecule has 0 unspecified atom stereocenters. The van der Waals surface area contributed by atoms with E-state index < -0.39 is 5.97 Å². The summed E-state index contributed by atoms with van der Waals surface area (Å²) in [7, 11) is 0. The summed E-state index contributed by atoms with van der Waals surface area (Å²) in [4.78, 5) is 22.6. The van der Waals surface area contributed by atoms with Crippen molar-refractivity contribution in [2.75, 3.05) is 19.8 Å². The van der Waals surface area contributed by atoms with Crippen LogP contribution in [0.5, 0.6) is 0 Å². The molecular formula is C15H21NO4. The summed E-state index contributed by atoms with van der Waals surface area (Å²) < 4.78 is 5.15. The normalized spacial score (nSPS) is 10.2. The van der Waals surface area contributed by atoms with Crippen LogP contribution in [0.1, 0.15) is 35.7 Å². The van der Waals surface area contributed by atoms with Gasteiger partial charge in [0.15, 0.2) is 0 Å². The quantitative estimate of drug-likeness (QED) is 0.677. The smallest absolute Gasteiger partial charge is 0.335 e. The van der Waals surface area contributed by atoms with E-state index in [1.54, 1.807) is 24.3 Å². The van der Waals surface area contributed by atoms with E-state index in [-0.39, 0.29) is 11.5 Å². The SMILES string of the molecule is CCOCCCC(=O)NCCc1ccccc1C(=O)O. The number of carbonyl (C=O) groups excluding carboxylic acids is 1. The highest BCUT2D eigenvalue weighted by atomic mass is 16.5. The summed E-state index contributed by atoms with van der Waals surface area (Å²) in [5.41, 5.74) is 1.02. The number of ether oxygens (including phenoxy) is 1. The average molecular weight is 279 g/mol. The third-order valence-corrected chi connectivity index (χ3v) is 2.86. The fourth-order valence-electron chi connectivity index (χ4n) is 1.85. The van der Waals surface area contributed by atoms with Crippen molar-refractivity contribution in [1.29, 1.82) is 0 Å². The second kappa shape index (κ2) is 9.09. The van der Waals surface area contributed by atoms with E-state index in [2.05, 4.69) is 5.32 Å². The van der Waals surface area contributed by atoms with Gasteiger partial charge in [0.25, 0.3) is 0 Å². The fraction of sp³-hybridized carbons (Fsp3) is 0.467. The Labute approximate surface area is 118 Å². The van der Waals surface area contributed by atoms with E-state index in [9.17, 15) is 9.59 Å². The predicted octanol–water partition coefficient (Wildman–Crippen LogP) is 1.86. The number of aromatic carboxylic acids is 1. The second-order valence-corrected chi connectivity index (χ2v) is 4.36. The first-order valence-electron chi connectivity index (χ1n) is 6.80. The molecule has 20 heavy (non-hydrogen) atoms. The first kappa shape index (κ1) is 16.2. The molecule has 5 heteroatoms. The lowest BCUT2D eigenvalue weighted by Gasteiger charge is -2.07. The Hall–Kier alpha value is -1.88. The highest BCUT2D eigenvalue weighted by Gasteiger charge is 2.08. The standard InChI is InChI=1S/C15H21NO4/c1-2-20-11-5-8-14(17)16-10-9-12-6-3-4-7-13(12)15(18)19/h3-4,6-7H,2,5,8-11H2,1H3,(H,16,17)(H,18,19). The molecule has 0 aromatic heterocycles. The zero-order valence-corrected chi connectivity index (χ0v) is 11.7. The molecule has 5 nitrogen and oxygen atoms in total. The van der Waals surface area contributed by atoms with Gasteiger partial charge in [0.1, 0.15) is 0 Å². The molecule has 0 heterocycles. The lowest BCUT2D eigenvalue weighted by molar-refractivity contribution is -0.121. The van der Waals surface area contributed by atoms with Crippen molar-refractivity contribution in [3.63, 3.8) is 0 Å². The first-order chi connectivity index (χ1) is 9.65. The van der Waals surface area contributed by atoms with Crippen molar-refractivity contribution in [2.24, 2.45) is 0 Å². The molecule has 0 aliphatic rings. The molecule has 1 amide bonds. The van der Waals surface area contributed by atoms with Crippen LogP contribution in [-0.4, -0.2) is 36.7 Å². The van der Waals surface area contributed by atoms with Gasteiger partial charge in [-0.25, -0.2) is 4.79 Å². The van der Waals surface area contributed by atoms with Crippen molar-refractivity contribution in [3.05, 3.63) is 35.4 Å². The molecule has 0 bridgehead atoms. The van der Waals surface area contributed by atoms with E-state index in [1.807, 2.05) is 6.92 Å². The lowest BCUT2D eigenvalue weighted by Crippen LogP contribution is -2.26. The van der Waals surface area contributed by atoms with E-state index in [1.165, 1.54) is 0 Å². The Morgan fingerprint density at radius 3 is 2.75 bits per heavy atom. The minimum atomic E-state index is -0.941. The van der Waals surface area contributed by atoms with E-state index in [4.69, 9.17) is 9.84 Å². The third kappa shape index (κ3) is 5.84. The van der Waals surface area contributed by atoms with Crippen LogP contribution < -0.4 is 5.32 Å². The molecule has 1 aromatic rings. The maximum absolute atomic E-state index is 11.5.